The van der Waals surface area contributed by atoms with Gasteiger partial charge in [-0.3, -0.25) is 4.84 Å². The number of allylic oxidation sites excluding steroid dienone is 1. The molecule has 1 aliphatic carbocycles. The Bertz CT molecular complexity index is 1120. The number of nitrogens with zero attached hydrogens (tertiary/aromatic N) is 1. The Kier molecular flexibility index (Phi) is 4.04. The van der Waals surface area contributed by atoms with E-state index in [-0.39, 0.29) is 11.7 Å². The minimum absolute atomic E-state index is 0.183. The minimum Gasteiger partial charge on any atom is -0.506 e. The molecule has 3 aromatic carbocycles. The van der Waals surface area contributed by atoms with Crippen molar-refractivity contribution in [2.45, 2.75) is 38.7 Å². The number of hydrogen-bond donors (Lipinski definition) is 1. The monoisotopic (exact) mass is 383 g/mol. The molecule has 0 radical (unpaired) electrons. The van der Waals surface area contributed by atoms with Gasteiger partial charge in [0.1, 0.15) is 11.4 Å². The Morgan fingerprint density at radius 3 is 2.52 bits per heavy atom. The maximum Gasteiger partial charge on any atom is 0.142 e. The summed E-state index contributed by atoms with van der Waals surface area (Å²) in [5.74, 6) is 0.431. The molecular formula is C26H25NO2. The van der Waals surface area contributed by atoms with E-state index in [9.17, 15) is 5.11 Å². The second-order valence-electron chi connectivity index (χ2n) is 8.77. The smallest absolute Gasteiger partial charge is 0.142 e. The zero-order valence-electron chi connectivity index (χ0n) is 17.0. The predicted octanol–water partition coefficient (Wildman–Crippen LogP) is 6.32. The molecular weight excluding hydrogens is 358 g/mol. The number of anilines is 2. The van der Waals surface area contributed by atoms with E-state index >= 15 is 0 Å². The first-order chi connectivity index (χ1) is 13.9. The van der Waals surface area contributed by atoms with Crippen LogP contribution in [0.1, 0.15) is 54.5 Å². The third-order valence-corrected chi connectivity index (χ3v) is 5.58. The fourth-order valence-corrected chi connectivity index (χ4v) is 4.40. The van der Waals surface area contributed by atoms with Gasteiger partial charge in [-0.25, -0.2) is 5.06 Å². The molecule has 146 valence electrons. The molecule has 1 N–H and O–H groups in total. The molecule has 1 unspecified atom stereocenters. The van der Waals surface area contributed by atoms with Crippen molar-refractivity contribution in [3.8, 4) is 5.75 Å². The molecule has 1 atom stereocenters. The van der Waals surface area contributed by atoms with Gasteiger partial charge < -0.3 is 5.11 Å². The normalized spacial score (nSPS) is 17.1. The minimum atomic E-state index is -0.399. The lowest BCUT2D eigenvalue weighted by atomic mass is 9.84. The van der Waals surface area contributed by atoms with Crippen LogP contribution < -0.4 is 5.06 Å². The van der Waals surface area contributed by atoms with Gasteiger partial charge in [-0.2, -0.15) is 0 Å². The number of hydrogen-bond acceptors (Lipinski definition) is 3. The fraction of sp³-hybridized carbons (Fsp3) is 0.231. The molecule has 0 aromatic heterocycles. The first-order valence-electron chi connectivity index (χ1n) is 10.1. The zero-order valence-corrected chi connectivity index (χ0v) is 17.0. The van der Waals surface area contributed by atoms with Crippen LogP contribution in [-0.2, 0) is 11.3 Å². The Morgan fingerprint density at radius 1 is 0.931 bits per heavy atom. The first-order valence-corrected chi connectivity index (χ1v) is 10.1. The van der Waals surface area contributed by atoms with Gasteiger partial charge in [0.2, 0.25) is 0 Å². The number of para-hydroxylation sites is 1. The molecule has 3 heteroatoms. The highest BCUT2D eigenvalue weighted by molar-refractivity contribution is 5.79. The maximum atomic E-state index is 10.9. The van der Waals surface area contributed by atoms with E-state index in [2.05, 4.69) is 60.7 Å². The Balaban J connectivity index is 1.70. The predicted molar refractivity (Wildman–Crippen MR) is 118 cm³/mol. The van der Waals surface area contributed by atoms with Gasteiger partial charge >= 0.3 is 0 Å². The number of benzene rings is 3. The third-order valence-electron chi connectivity index (χ3n) is 5.58. The van der Waals surface area contributed by atoms with Crippen molar-refractivity contribution >= 4 is 17.5 Å². The van der Waals surface area contributed by atoms with Crippen LogP contribution >= 0.6 is 0 Å². The van der Waals surface area contributed by atoms with Crippen molar-refractivity contribution in [1.82, 2.24) is 0 Å². The molecule has 2 aliphatic rings. The van der Waals surface area contributed by atoms with Crippen molar-refractivity contribution in [2.24, 2.45) is 0 Å². The van der Waals surface area contributed by atoms with Crippen LogP contribution in [0.5, 0.6) is 5.75 Å². The summed E-state index contributed by atoms with van der Waals surface area (Å²) >= 11 is 0. The van der Waals surface area contributed by atoms with E-state index in [1.54, 1.807) is 6.07 Å². The molecule has 0 fully saturated rings. The second kappa shape index (κ2) is 6.50. The third kappa shape index (κ3) is 3.02. The molecule has 5 rings (SSSR count). The van der Waals surface area contributed by atoms with Gasteiger partial charge in [-0.15, -0.1) is 0 Å². The molecule has 3 nitrogen and oxygen atoms in total. The quantitative estimate of drug-likeness (QED) is 0.562. The van der Waals surface area contributed by atoms with Crippen molar-refractivity contribution in [2.75, 3.05) is 5.06 Å². The highest BCUT2D eigenvalue weighted by Crippen LogP contribution is 2.49. The summed E-state index contributed by atoms with van der Waals surface area (Å²) in [5.41, 5.74) is 7.46. The fourth-order valence-electron chi connectivity index (χ4n) is 4.40. The average Bonchev–Trinajstić information content (AvgIpc) is 3.11. The summed E-state index contributed by atoms with van der Waals surface area (Å²) in [5, 5.41) is 12.7. The van der Waals surface area contributed by atoms with Crippen LogP contribution in [0.3, 0.4) is 0 Å². The first kappa shape index (κ1) is 18.0. The Hall–Kier alpha value is -3.04. The number of rotatable bonds is 2. The van der Waals surface area contributed by atoms with E-state index in [1.807, 2.05) is 31.9 Å². The highest BCUT2D eigenvalue weighted by Gasteiger charge is 2.33. The molecule has 1 aliphatic heterocycles. The SMILES string of the molecule is CC(C)(C)ON1c2ccccc2Cc2c(C3C=Cc4ccccc43)ccc(O)c21. The van der Waals surface area contributed by atoms with Crippen LogP contribution in [0.15, 0.2) is 66.7 Å². The van der Waals surface area contributed by atoms with Gasteiger partial charge in [0.25, 0.3) is 0 Å². The van der Waals surface area contributed by atoms with E-state index < -0.39 is 5.60 Å². The Labute approximate surface area is 171 Å². The summed E-state index contributed by atoms with van der Waals surface area (Å²) in [6.07, 6.45) is 5.22. The van der Waals surface area contributed by atoms with E-state index in [0.29, 0.717) is 0 Å². The largest absolute Gasteiger partial charge is 0.506 e. The molecule has 0 amide bonds. The van der Waals surface area contributed by atoms with Crippen LogP contribution in [0, 0.1) is 0 Å². The van der Waals surface area contributed by atoms with Crippen LogP contribution in [0.2, 0.25) is 0 Å². The van der Waals surface area contributed by atoms with Gasteiger partial charge in [0.05, 0.1) is 11.3 Å². The summed E-state index contributed by atoms with van der Waals surface area (Å²) in [6.45, 7) is 6.09. The Morgan fingerprint density at radius 2 is 1.69 bits per heavy atom. The van der Waals surface area contributed by atoms with Gasteiger partial charge in [-0.1, -0.05) is 60.7 Å². The molecule has 0 spiro atoms. The van der Waals surface area contributed by atoms with E-state index in [4.69, 9.17) is 4.84 Å². The maximum absolute atomic E-state index is 10.9. The molecule has 1 heterocycles. The second-order valence-corrected chi connectivity index (χ2v) is 8.77. The summed E-state index contributed by atoms with van der Waals surface area (Å²) < 4.78 is 0. The van der Waals surface area contributed by atoms with Crippen molar-refractivity contribution in [3.05, 3.63) is 94.6 Å². The number of phenolic OH excluding ortho intramolecular Hbond substituents is 1. The van der Waals surface area contributed by atoms with Gasteiger partial charge in [-0.05, 0) is 60.7 Å². The number of aromatic hydroxyl groups is 1. The topological polar surface area (TPSA) is 32.7 Å². The molecule has 0 saturated carbocycles. The average molecular weight is 383 g/mol. The van der Waals surface area contributed by atoms with Crippen LogP contribution in [0.25, 0.3) is 6.08 Å². The van der Waals surface area contributed by atoms with E-state index in [1.165, 1.54) is 22.3 Å². The summed E-state index contributed by atoms with van der Waals surface area (Å²) in [4.78, 5) is 6.35. The van der Waals surface area contributed by atoms with Crippen molar-refractivity contribution in [1.29, 1.82) is 0 Å². The summed E-state index contributed by atoms with van der Waals surface area (Å²) in [6, 6.07) is 20.7. The van der Waals surface area contributed by atoms with E-state index in [0.717, 1.165) is 23.4 Å². The molecule has 0 bridgehead atoms. The number of fused-ring (bicyclic) bond motifs is 3. The van der Waals surface area contributed by atoms with Crippen molar-refractivity contribution in [3.63, 3.8) is 0 Å². The van der Waals surface area contributed by atoms with Crippen LogP contribution in [0.4, 0.5) is 11.4 Å². The molecule has 29 heavy (non-hydrogen) atoms. The van der Waals surface area contributed by atoms with Gasteiger partial charge in [0, 0.05) is 12.3 Å². The standard InChI is InChI=1S/C26H25NO2/c1-26(2,3)29-27-23-11-7-5-9-18(23)16-22-21(14-15-24(28)25(22)27)20-13-12-17-8-4-6-10-19(17)20/h4-15,20,28H,16H2,1-3H3. The lowest BCUT2D eigenvalue weighted by Crippen LogP contribution is -2.33. The highest BCUT2D eigenvalue weighted by atomic mass is 16.7. The van der Waals surface area contributed by atoms with Crippen molar-refractivity contribution < 1.29 is 9.94 Å². The lowest BCUT2D eigenvalue weighted by molar-refractivity contribution is -0.00454. The zero-order chi connectivity index (χ0) is 20.2. The summed E-state index contributed by atoms with van der Waals surface area (Å²) in [7, 11) is 0. The molecule has 3 aromatic rings. The molecule has 0 saturated heterocycles. The lowest BCUT2D eigenvalue weighted by Gasteiger charge is -2.38. The van der Waals surface area contributed by atoms with Gasteiger partial charge in [0.15, 0.2) is 0 Å². The van der Waals surface area contributed by atoms with Crippen LogP contribution in [-0.4, -0.2) is 10.7 Å². The number of phenols is 1.